The second kappa shape index (κ2) is 7.33. The van der Waals surface area contributed by atoms with Crippen LogP contribution in [-0.4, -0.2) is 35.7 Å². The summed E-state index contributed by atoms with van der Waals surface area (Å²) in [5.41, 5.74) is 7.06. The predicted octanol–water partition coefficient (Wildman–Crippen LogP) is 1.64. The number of carbonyl (C=O) groups excluding carboxylic acids is 1. The summed E-state index contributed by atoms with van der Waals surface area (Å²) in [6, 6.07) is 11.8. The van der Waals surface area contributed by atoms with Gasteiger partial charge in [0.25, 0.3) is 5.91 Å². The molecule has 0 saturated carbocycles. The molecule has 2 aromatic rings. The predicted molar refractivity (Wildman–Crippen MR) is 84.3 cm³/mol. The highest BCUT2D eigenvalue weighted by Gasteiger charge is 2.08. The Morgan fingerprint density at radius 1 is 1.38 bits per heavy atom. The lowest BCUT2D eigenvalue weighted by Crippen LogP contribution is -2.30. The van der Waals surface area contributed by atoms with Crippen molar-refractivity contribution in [1.82, 2.24) is 15.5 Å². The number of anilines is 2. The number of hydrogen-bond donors (Lipinski definition) is 3. The van der Waals surface area contributed by atoms with Crippen molar-refractivity contribution in [1.29, 1.82) is 0 Å². The summed E-state index contributed by atoms with van der Waals surface area (Å²) >= 11 is 0. The Morgan fingerprint density at radius 2 is 2.14 bits per heavy atom. The maximum Gasteiger partial charge on any atom is 0.269 e. The van der Waals surface area contributed by atoms with Gasteiger partial charge in [0.1, 0.15) is 11.5 Å². The van der Waals surface area contributed by atoms with Gasteiger partial charge in [-0.05, 0) is 25.5 Å². The minimum Gasteiger partial charge on any atom is -0.382 e. The summed E-state index contributed by atoms with van der Waals surface area (Å²) in [4.78, 5) is 14.1. The van der Waals surface area contributed by atoms with Crippen molar-refractivity contribution in [3.63, 3.8) is 0 Å². The summed E-state index contributed by atoms with van der Waals surface area (Å²) in [5, 5.41) is 9.18. The molecule has 21 heavy (non-hydrogen) atoms. The monoisotopic (exact) mass is 287 g/mol. The lowest BCUT2D eigenvalue weighted by Gasteiger charge is -2.23. The van der Waals surface area contributed by atoms with Gasteiger partial charge in [0.2, 0.25) is 0 Å². The molecule has 0 fully saturated rings. The van der Waals surface area contributed by atoms with Crippen LogP contribution in [0.4, 0.5) is 11.5 Å². The fraction of sp³-hybridized carbons (Fsp3) is 0.333. The van der Waals surface area contributed by atoms with Crippen molar-refractivity contribution in [2.24, 2.45) is 0 Å². The summed E-state index contributed by atoms with van der Waals surface area (Å²) in [7, 11) is 0. The van der Waals surface area contributed by atoms with Crippen LogP contribution in [0.2, 0.25) is 0 Å². The number of nitrogens with one attached hydrogen (secondary N) is 2. The van der Waals surface area contributed by atoms with Gasteiger partial charge in [-0.25, -0.2) is 0 Å². The smallest absolute Gasteiger partial charge is 0.269 e. The molecule has 6 nitrogen and oxygen atoms in total. The molecule has 0 radical (unpaired) electrons. The minimum atomic E-state index is -0.179. The molecule has 0 bridgehead atoms. The Hall–Kier alpha value is -2.50. The van der Waals surface area contributed by atoms with E-state index in [0.717, 1.165) is 19.5 Å². The highest BCUT2D eigenvalue weighted by molar-refractivity contribution is 5.92. The first-order valence-electron chi connectivity index (χ1n) is 7.09. The van der Waals surface area contributed by atoms with E-state index >= 15 is 0 Å². The first-order valence-corrected chi connectivity index (χ1v) is 7.09. The molecule has 0 aliphatic heterocycles. The number of H-pyrrole nitrogens is 1. The third kappa shape index (κ3) is 4.24. The van der Waals surface area contributed by atoms with Gasteiger partial charge in [-0.2, -0.15) is 5.10 Å². The Bertz CT molecular complexity index is 566. The number of amides is 1. The van der Waals surface area contributed by atoms with Crippen molar-refractivity contribution in [2.45, 2.75) is 13.3 Å². The van der Waals surface area contributed by atoms with Crippen molar-refractivity contribution in [3.05, 3.63) is 42.1 Å². The van der Waals surface area contributed by atoms with Gasteiger partial charge in [-0.15, -0.1) is 0 Å². The molecule has 112 valence electrons. The number of nitrogens with zero attached hydrogens (tertiary/aromatic N) is 2. The number of para-hydroxylation sites is 1. The molecule has 1 aromatic carbocycles. The van der Waals surface area contributed by atoms with E-state index in [1.165, 1.54) is 11.8 Å². The van der Waals surface area contributed by atoms with Gasteiger partial charge < -0.3 is 16.0 Å². The van der Waals surface area contributed by atoms with E-state index in [0.29, 0.717) is 18.1 Å². The number of aromatic nitrogens is 2. The molecule has 6 heteroatoms. The molecule has 1 amide bonds. The van der Waals surface area contributed by atoms with E-state index in [-0.39, 0.29) is 5.91 Å². The van der Waals surface area contributed by atoms with Crippen LogP contribution in [0, 0.1) is 0 Å². The topological polar surface area (TPSA) is 87.0 Å². The Labute approximate surface area is 124 Å². The van der Waals surface area contributed by atoms with Gasteiger partial charge in [0.05, 0.1) is 0 Å². The SMILES string of the molecule is CCN(CCCNC(=O)c1cc(N)n[nH]1)c1ccccc1. The van der Waals surface area contributed by atoms with Crippen molar-refractivity contribution >= 4 is 17.4 Å². The molecule has 0 aliphatic rings. The molecule has 0 aliphatic carbocycles. The van der Waals surface area contributed by atoms with Gasteiger partial charge in [0, 0.05) is 31.4 Å². The highest BCUT2D eigenvalue weighted by Crippen LogP contribution is 2.12. The Balaban J connectivity index is 1.75. The quantitative estimate of drug-likeness (QED) is 0.676. The van der Waals surface area contributed by atoms with E-state index in [1.807, 2.05) is 18.2 Å². The number of benzene rings is 1. The third-order valence-electron chi connectivity index (χ3n) is 3.24. The van der Waals surface area contributed by atoms with E-state index in [4.69, 9.17) is 5.73 Å². The summed E-state index contributed by atoms with van der Waals surface area (Å²) in [5.74, 6) is 0.142. The fourth-order valence-electron chi connectivity index (χ4n) is 2.13. The van der Waals surface area contributed by atoms with Gasteiger partial charge in [-0.1, -0.05) is 18.2 Å². The number of rotatable bonds is 7. The first-order chi connectivity index (χ1) is 10.2. The van der Waals surface area contributed by atoms with Crippen LogP contribution in [-0.2, 0) is 0 Å². The van der Waals surface area contributed by atoms with E-state index in [9.17, 15) is 4.79 Å². The van der Waals surface area contributed by atoms with Crippen LogP contribution < -0.4 is 16.0 Å². The number of nitrogens with two attached hydrogens (primary N) is 1. The highest BCUT2D eigenvalue weighted by atomic mass is 16.1. The summed E-state index contributed by atoms with van der Waals surface area (Å²) < 4.78 is 0. The number of aromatic amines is 1. The van der Waals surface area contributed by atoms with Crippen molar-refractivity contribution < 1.29 is 4.79 Å². The standard InChI is InChI=1S/C15H21N5O/c1-2-20(12-7-4-3-5-8-12)10-6-9-17-15(21)13-11-14(16)19-18-13/h3-5,7-8,11H,2,6,9-10H2,1H3,(H,17,21)(H3,16,18,19). The summed E-state index contributed by atoms with van der Waals surface area (Å²) in [6.45, 7) is 4.57. The van der Waals surface area contributed by atoms with Crippen LogP contribution in [0.5, 0.6) is 0 Å². The van der Waals surface area contributed by atoms with Gasteiger partial charge in [0.15, 0.2) is 0 Å². The van der Waals surface area contributed by atoms with Crippen LogP contribution in [0.1, 0.15) is 23.8 Å². The largest absolute Gasteiger partial charge is 0.382 e. The normalized spacial score (nSPS) is 10.3. The molecule has 0 unspecified atom stereocenters. The second-order valence-corrected chi connectivity index (χ2v) is 4.73. The van der Waals surface area contributed by atoms with E-state index < -0.39 is 0 Å². The number of carbonyl (C=O) groups is 1. The lowest BCUT2D eigenvalue weighted by molar-refractivity contribution is 0.0948. The zero-order valence-electron chi connectivity index (χ0n) is 12.2. The maximum atomic E-state index is 11.8. The van der Waals surface area contributed by atoms with Gasteiger partial charge >= 0.3 is 0 Å². The number of nitrogen functional groups attached to an aromatic ring is 1. The molecule has 0 saturated heterocycles. The lowest BCUT2D eigenvalue weighted by atomic mass is 10.2. The molecule has 4 N–H and O–H groups in total. The van der Waals surface area contributed by atoms with Crippen LogP contribution in [0.25, 0.3) is 0 Å². The second-order valence-electron chi connectivity index (χ2n) is 4.73. The molecule has 0 atom stereocenters. The van der Waals surface area contributed by atoms with Crippen LogP contribution >= 0.6 is 0 Å². The average molecular weight is 287 g/mol. The molecule has 0 spiro atoms. The third-order valence-corrected chi connectivity index (χ3v) is 3.24. The van der Waals surface area contributed by atoms with Gasteiger partial charge in [-0.3, -0.25) is 9.89 Å². The molecular formula is C15H21N5O. The van der Waals surface area contributed by atoms with E-state index in [2.05, 4.69) is 39.5 Å². The first kappa shape index (κ1) is 14.9. The zero-order chi connectivity index (χ0) is 15.1. The minimum absolute atomic E-state index is 0.179. The van der Waals surface area contributed by atoms with Crippen molar-refractivity contribution in [2.75, 3.05) is 30.3 Å². The zero-order valence-corrected chi connectivity index (χ0v) is 12.2. The maximum absolute atomic E-state index is 11.8. The Morgan fingerprint density at radius 3 is 2.76 bits per heavy atom. The van der Waals surface area contributed by atoms with Crippen LogP contribution in [0.3, 0.4) is 0 Å². The average Bonchev–Trinajstić information content (AvgIpc) is 2.95. The molecular weight excluding hydrogens is 266 g/mol. The summed E-state index contributed by atoms with van der Waals surface area (Å²) in [6.07, 6.45) is 0.873. The number of hydrogen-bond acceptors (Lipinski definition) is 4. The molecule has 1 aromatic heterocycles. The molecule has 1 heterocycles. The Kier molecular flexibility index (Phi) is 5.20. The van der Waals surface area contributed by atoms with Crippen molar-refractivity contribution in [3.8, 4) is 0 Å². The molecule has 2 rings (SSSR count). The fourth-order valence-corrected chi connectivity index (χ4v) is 2.13. The van der Waals surface area contributed by atoms with E-state index in [1.54, 1.807) is 0 Å². The van der Waals surface area contributed by atoms with Crippen LogP contribution in [0.15, 0.2) is 36.4 Å².